The van der Waals surface area contributed by atoms with Crippen molar-refractivity contribution in [2.45, 2.75) is 0 Å². The van der Waals surface area contributed by atoms with E-state index in [2.05, 4.69) is 15.1 Å². The third kappa shape index (κ3) is 4.54. The molecule has 0 aromatic heterocycles. The zero-order valence-electron chi connectivity index (χ0n) is 13.8. The number of anilines is 2. The molecule has 0 atom stereocenters. The maximum absolute atomic E-state index is 12.1. The lowest BCUT2D eigenvalue weighted by atomic mass is 10.2. The molecular weight excluding hydrogens is 320 g/mol. The lowest BCUT2D eigenvalue weighted by molar-refractivity contribution is -0.384. The van der Waals surface area contributed by atoms with E-state index in [1.165, 1.54) is 12.1 Å². The van der Waals surface area contributed by atoms with Gasteiger partial charge in [0.2, 0.25) is 5.91 Å². The third-order valence-corrected chi connectivity index (χ3v) is 4.22. The average Bonchev–Trinajstić information content (AvgIpc) is 2.63. The van der Waals surface area contributed by atoms with Crippen molar-refractivity contribution in [3.8, 4) is 0 Å². The SMILES string of the molecule is O=C(CN1CCN(c2ccc([N+](=O)[O-])cc2)CC1)Nc1ccccc1. The number of hydrogen-bond donors (Lipinski definition) is 1. The zero-order valence-corrected chi connectivity index (χ0v) is 13.8. The first kappa shape index (κ1) is 16.9. The molecule has 3 rings (SSSR count). The molecule has 1 aliphatic heterocycles. The molecule has 7 heteroatoms. The highest BCUT2D eigenvalue weighted by Crippen LogP contribution is 2.20. The summed E-state index contributed by atoms with van der Waals surface area (Å²) in [6, 6.07) is 16.0. The fourth-order valence-electron chi connectivity index (χ4n) is 2.87. The molecule has 0 saturated carbocycles. The number of carbonyl (C=O) groups is 1. The summed E-state index contributed by atoms with van der Waals surface area (Å²) in [6.45, 7) is 3.49. The molecule has 1 amide bonds. The smallest absolute Gasteiger partial charge is 0.269 e. The largest absolute Gasteiger partial charge is 0.369 e. The van der Waals surface area contributed by atoms with Crippen LogP contribution in [-0.2, 0) is 4.79 Å². The molecule has 0 radical (unpaired) electrons. The van der Waals surface area contributed by atoms with Crippen molar-refractivity contribution in [1.82, 2.24) is 4.90 Å². The first-order valence-electron chi connectivity index (χ1n) is 8.18. The van der Waals surface area contributed by atoms with E-state index in [0.717, 1.165) is 37.6 Å². The van der Waals surface area contributed by atoms with Crippen molar-refractivity contribution in [3.63, 3.8) is 0 Å². The van der Waals surface area contributed by atoms with E-state index < -0.39 is 4.92 Å². The molecule has 0 bridgehead atoms. The molecule has 7 nitrogen and oxygen atoms in total. The number of nitro groups is 1. The Bertz CT molecular complexity index is 726. The van der Waals surface area contributed by atoms with Crippen molar-refractivity contribution in [2.24, 2.45) is 0 Å². The Morgan fingerprint density at radius 3 is 2.24 bits per heavy atom. The van der Waals surface area contributed by atoms with E-state index in [1.807, 2.05) is 30.3 Å². The number of para-hydroxylation sites is 1. The van der Waals surface area contributed by atoms with Crippen LogP contribution >= 0.6 is 0 Å². The molecule has 130 valence electrons. The molecule has 2 aromatic carbocycles. The molecule has 0 aliphatic carbocycles. The van der Waals surface area contributed by atoms with Gasteiger partial charge in [0.05, 0.1) is 11.5 Å². The monoisotopic (exact) mass is 340 g/mol. The Morgan fingerprint density at radius 1 is 1.00 bits per heavy atom. The van der Waals surface area contributed by atoms with Gasteiger partial charge in [-0.25, -0.2) is 0 Å². The quantitative estimate of drug-likeness (QED) is 0.668. The Morgan fingerprint density at radius 2 is 1.64 bits per heavy atom. The van der Waals surface area contributed by atoms with Gasteiger partial charge in [-0.2, -0.15) is 0 Å². The van der Waals surface area contributed by atoms with Crippen LogP contribution in [0.15, 0.2) is 54.6 Å². The second-order valence-electron chi connectivity index (χ2n) is 5.95. The number of carbonyl (C=O) groups excluding carboxylic acids is 1. The summed E-state index contributed by atoms with van der Waals surface area (Å²) in [5.41, 5.74) is 1.87. The summed E-state index contributed by atoms with van der Waals surface area (Å²) in [5, 5.41) is 13.6. The number of nitro benzene ring substituents is 1. The van der Waals surface area contributed by atoms with E-state index in [1.54, 1.807) is 12.1 Å². The van der Waals surface area contributed by atoms with Gasteiger partial charge in [0.1, 0.15) is 0 Å². The van der Waals surface area contributed by atoms with Crippen LogP contribution in [0, 0.1) is 10.1 Å². The highest BCUT2D eigenvalue weighted by Gasteiger charge is 2.19. The molecular formula is C18H20N4O3. The highest BCUT2D eigenvalue weighted by molar-refractivity contribution is 5.92. The van der Waals surface area contributed by atoms with Gasteiger partial charge in [-0.3, -0.25) is 19.8 Å². The molecule has 1 N–H and O–H groups in total. The maximum Gasteiger partial charge on any atom is 0.269 e. The zero-order chi connectivity index (χ0) is 17.6. The normalized spacial score (nSPS) is 15.0. The van der Waals surface area contributed by atoms with Crippen LogP contribution in [0.3, 0.4) is 0 Å². The number of benzene rings is 2. The minimum absolute atomic E-state index is 0.0185. The maximum atomic E-state index is 12.1. The lowest BCUT2D eigenvalue weighted by Gasteiger charge is -2.35. The second-order valence-corrected chi connectivity index (χ2v) is 5.95. The second kappa shape index (κ2) is 7.76. The van der Waals surface area contributed by atoms with E-state index in [0.29, 0.717) is 6.54 Å². The number of nitrogens with zero attached hydrogens (tertiary/aromatic N) is 3. The summed E-state index contributed by atoms with van der Waals surface area (Å²) in [5.74, 6) is -0.0185. The van der Waals surface area contributed by atoms with Gasteiger partial charge >= 0.3 is 0 Å². The van der Waals surface area contributed by atoms with E-state index >= 15 is 0 Å². The summed E-state index contributed by atoms with van der Waals surface area (Å²) in [4.78, 5) is 26.7. The predicted octanol–water partition coefficient (Wildman–Crippen LogP) is 2.36. The molecule has 1 saturated heterocycles. The average molecular weight is 340 g/mol. The molecule has 0 unspecified atom stereocenters. The minimum atomic E-state index is -0.396. The molecule has 25 heavy (non-hydrogen) atoms. The molecule has 2 aromatic rings. The van der Waals surface area contributed by atoms with E-state index in [-0.39, 0.29) is 11.6 Å². The van der Waals surface area contributed by atoms with Crippen molar-refractivity contribution >= 4 is 23.0 Å². The van der Waals surface area contributed by atoms with Crippen molar-refractivity contribution in [1.29, 1.82) is 0 Å². The van der Waals surface area contributed by atoms with Crippen LogP contribution in [0.1, 0.15) is 0 Å². The van der Waals surface area contributed by atoms with Crippen LogP contribution in [0.5, 0.6) is 0 Å². The molecule has 0 spiro atoms. The fourth-order valence-corrected chi connectivity index (χ4v) is 2.87. The van der Waals surface area contributed by atoms with Crippen LogP contribution < -0.4 is 10.2 Å². The van der Waals surface area contributed by atoms with E-state index in [9.17, 15) is 14.9 Å². The van der Waals surface area contributed by atoms with Gasteiger partial charge in [-0.05, 0) is 24.3 Å². The standard InChI is InChI=1S/C18H20N4O3/c23-18(19-15-4-2-1-3-5-15)14-20-10-12-21(13-11-20)16-6-8-17(9-7-16)22(24)25/h1-9H,10-14H2,(H,19,23). The molecule has 1 fully saturated rings. The Labute approximate surface area is 146 Å². The summed E-state index contributed by atoms with van der Waals surface area (Å²) >= 11 is 0. The van der Waals surface area contributed by atoms with Gasteiger partial charge < -0.3 is 10.2 Å². The fraction of sp³-hybridized carbons (Fsp3) is 0.278. The number of non-ortho nitro benzene ring substituents is 1. The van der Waals surface area contributed by atoms with Gasteiger partial charge in [0.15, 0.2) is 0 Å². The summed E-state index contributed by atoms with van der Waals surface area (Å²) < 4.78 is 0. The number of nitrogens with one attached hydrogen (secondary N) is 1. The van der Waals surface area contributed by atoms with Gasteiger partial charge in [0, 0.05) is 49.7 Å². The van der Waals surface area contributed by atoms with Crippen molar-refractivity contribution < 1.29 is 9.72 Å². The third-order valence-electron chi connectivity index (χ3n) is 4.22. The first-order valence-corrected chi connectivity index (χ1v) is 8.18. The van der Waals surface area contributed by atoms with Crippen LogP contribution in [0.2, 0.25) is 0 Å². The molecule has 1 aliphatic rings. The number of piperazine rings is 1. The summed E-state index contributed by atoms with van der Waals surface area (Å²) in [7, 11) is 0. The topological polar surface area (TPSA) is 78.7 Å². The Kier molecular flexibility index (Phi) is 5.25. The van der Waals surface area contributed by atoms with Crippen molar-refractivity contribution in [3.05, 3.63) is 64.7 Å². The van der Waals surface area contributed by atoms with Crippen LogP contribution in [-0.4, -0.2) is 48.5 Å². The number of amides is 1. The predicted molar refractivity (Wildman–Crippen MR) is 96.8 cm³/mol. The first-order chi connectivity index (χ1) is 12.1. The Balaban J connectivity index is 1.48. The van der Waals surface area contributed by atoms with Gasteiger partial charge in [-0.15, -0.1) is 0 Å². The summed E-state index contributed by atoms with van der Waals surface area (Å²) in [6.07, 6.45) is 0. The van der Waals surface area contributed by atoms with Crippen LogP contribution in [0.4, 0.5) is 17.1 Å². The minimum Gasteiger partial charge on any atom is -0.369 e. The molecule has 1 heterocycles. The number of hydrogen-bond acceptors (Lipinski definition) is 5. The Hall–Kier alpha value is -2.93. The highest BCUT2D eigenvalue weighted by atomic mass is 16.6. The van der Waals surface area contributed by atoms with Gasteiger partial charge in [-0.1, -0.05) is 18.2 Å². The van der Waals surface area contributed by atoms with E-state index in [4.69, 9.17) is 0 Å². The lowest BCUT2D eigenvalue weighted by Crippen LogP contribution is -2.48. The van der Waals surface area contributed by atoms with Gasteiger partial charge in [0.25, 0.3) is 5.69 Å². The van der Waals surface area contributed by atoms with Crippen molar-refractivity contribution in [2.75, 3.05) is 42.9 Å². The number of rotatable bonds is 5. The van der Waals surface area contributed by atoms with Crippen LogP contribution in [0.25, 0.3) is 0 Å².